The van der Waals surface area contributed by atoms with E-state index in [9.17, 15) is 9.59 Å². The summed E-state index contributed by atoms with van der Waals surface area (Å²) >= 11 is 0. The van der Waals surface area contributed by atoms with Crippen LogP contribution in [0.5, 0.6) is 0 Å². The van der Waals surface area contributed by atoms with Crippen LogP contribution in [0.25, 0.3) is 0 Å². The summed E-state index contributed by atoms with van der Waals surface area (Å²) in [7, 11) is 0. The Morgan fingerprint density at radius 1 is 1.32 bits per heavy atom. The Morgan fingerprint density at radius 3 is 2.63 bits per heavy atom. The molecule has 19 heavy (non-hydrogen) atoms. The molecule has 1 fully saturated rings. The highest BCUT2D eigenvalue weighted by Crippen LogP contribution is 2.17. The Hall–Kier alpha value is -1.88. The molecular weight excluding hydrogens is 242 g/mol. The summed E-state index contributed by atoms with van der Waals surface area (Å²) in [5, 5.41) is 3.22. The molecule has 1 saturated heterocycles. The van der Waals surface area contributed by atoms with E-state index < -0.39 is 5.91 Å². The number of carbonyl (C=O) groups is 2. The zero-order valence-electron chi connectivity index (χ0n) is 10.8. The molecule has 1 aromatic rings. The van der Waals surface area contributed by atoms with Crippen LogP contribution >= 0.6 is 0 Å². The number of nitrogens with one attached hydrogen (secondary N) is 1. The lowest BCUT2D eigenvalue weighted by Gasteiger charge is -2.38. The fourth-order valence-corrected chi connectivity index (χ4v) is 2.15. The molecule has 102 valence electrons. The van der Waals surface area contributed by atoms with Gasteiger partial charge in [-0.2, -0.15) is 0 Å². The number of nitrogens with two attached hydrogens (primary N) is 1. The van der Waals surface area contributed by atoms with Gasteiger partial charge in [-0.05, 0) is 12.0 Å². The van der Waals surface area contributed by atoms with Crippen molar-refractivity contribution in [3.63, 3.8) is 0 Å². The van der Waals surface area contributed by atoms with Crippen molar-refractivity contribution in [1.82, 2.24) is 10.2 Å². The van der Waals surface area contributed by atoms with Crippen molar-refractivity contribution < 1.29 is 9.59 Å². The van der Waals surface area contributed by atoms with E-state index in [4.69, 9.17) is 5.73 Å². The summed E-state index contributed by atoms with van der Waals surface area (Å²) in [5.74, 6) is -0.410. The Kier molecular flexibility index (Phi) is 4.52. The van der Waals surface area contributed by atoms with Gasteiger partial charge in [0.1, 0.15) is 6.04 Å². The van der Waals surface area contributed by atoms with Gasteiger partial charge in [0.05, 0.1) is 0 Å². The Bertz CT molecular complexity index is 447. The van der Waals surface area contributed by atoms with Crippen molar-refractivity contribution in [3.05, 3.63) is 35.9 Å². The van der Waals surface area contributed by atoms with E-state index in [1.807, 2.05) is 30.3 Å². The van der Waals surface area contributed by atoms with Gasteiger partial charge in [-0.25, -0.2) is 0 Å². The van der Waals surface area contributed by atoms with E-state index in [2.05, 4.69) is 5.32 Å². The Balaban J connectivity index is 1.66. The number of benzene rings is 1. The second kappa shape index (κ2) is 6.33. The molecule has 5 heteroatoms. The zero-order chi connectivity index (χ0) is 13.7. The highest BCUT2D eigenvalue weighted by molar-refractivity contribution is 5.88. The molecule has 3 N–H and O–H groups in total. The third kappa shape index (κ3) is 3.54. The zero-order valence-corrected chi connectivity index (χ0v) is 10.8. The van der Waals surface area contributed by atoms with Crippen LogP contribution in [0.4, 0.5) is 0 Å². The maximum atomic E-state index is 11.8. The van der Waals surface area contributed by atoms with Gasteiger partial charge in [0, 0.05) is 26.1 Å². The molecule has 1 aromatic carbocycles. The monoisotopic (exact) mass is 261 g/mol. The Labute approximate surface area is 112 Å². The molecule has 1 unspecified atom stereocenters. The predicted octanol–water partition coefficient (Wildman–Crippen LogP) is 0.253. The quantitative estimate of drug-likeness (QED) is 0.721. The fourth-order valence-electron chi connectivity index (χ4n) is 2.15. The third-order valence-corrected chi connectivity index (χ3v) is 3.36. The largest absolute Gasteiger partial charge is 0.368 e. The second-order valence-electron chi connectivity index (χ2n) is 4.71. The maximum absolute atomic E-state index is 11.8. The smallest absolute Gasteiger partial charge is 0.240 e. The number of primary amides is 1. The highest BCUT2D eigenvalue weighted by Gasteiger charge is 2.35. The summed E-state index contributed by atoms with van der Waals surface area (Å²) in [5.41, 5.74) is 6.40. The number of rotatable bonds is 6. The second-order valence-corrected chi connectivity index (χ2v) is 4.71. The number of nitrogens with zero attached hydrogens (tertiary/aromatic N) is 1. The lowest BCUT2D eigenvalue weighted by Crippen LogP contribution is -2.57. The van der Waals surface area contributed by atoms with Crippen LogP contribution < -0.4 is 11.1 Å². The average molecular weight is 261 g/mol. The molecule has 5 nitrogen and oxygen atoms in total. The van der Waals surface area contributed by atoms with Gasteiger partial charge in [-0.15, -0.1) is 0 Å². The van der Waals surface area contributed by atoms with Crippen molar-refractivity contribution >= 4 is 11.8 Å². The van der Waals surface area contributed by atoms with E-state index in [1.54, 1.807) is 4.90 Å². The van der Waals surface area contributed by atoms with E-state index in [-0.39, 0.29) is 11.9 Å². The van der Waals surface area contributed by atoms with Gasteiger partial charge >= 0.3 is 0 Å². The first-order valence-electron chi connectivity index (χ1n) is 6.52. The van der Waals surface area contributed by atoms with Gasteiger partial charge in [0.2, 0.25) is 11.8 Å². The molecule has 0 aromatic heterocycles. The minimum absolute atomic E-state index is 0.00406. The normalized spacial score (nSPS) is 17.9. The average Bonchev–Trinajstić information content (AvgIpc) is 2.34. The number of carbonyl (C=O) groups excluding carboxylic acids is 2. The van der Waals surface area contributed by atoms with E-state index in [0.29, 0.717) is 25.9 Å². The lowest BCUT2D eigenvalue weighted by atomic mass is 10.0. The van der Waals surface area contributed by atoms with Crippen molar-refractivity contribution in [2.75, 3.05) is 13.1 Å². The van der Waals surface area contributed by atoms with Gasteiger partial charge in [-0.1, -0.05) is 30.3 Å². The topological polar surface area (TPSA) is 75.4 Å². The standard InChI is InChI=1S/C14H19N3O2/c15-14(19)12-7-9-17(12)13(18)6-8-16-10-11-4-2-1-3-5-11/h1-5,12,16H,6-10H2,(H2,15,19). The van der Waals surface area contributed by atoms with Crippen LogP contribution in [0, 0.1) is 0 Å². The molecule has 0 saturated carbocycles. The number of amides is 2. The van der Waals surface area contributed by atoms with Crippen LogP contribution in [0.3, 0.4) is 0 Å². The summed E-state index contributed by atoms with van der Waals surface area (Å²) in [6.45, 7) is 1.99. The SMILES string of the molecule is NC(=O)C1CCN1C(=O)CCNCc1ccccc1. The molecule has 1 heterocycles. The Morgan fingerprint density at radius 2 is 2.05 bits per heavy atom. The van der Waals surface area contributed by atoms with Crippen LogP contribution in [0.15, 0.2) is 30.3 Å². The number of hydrogen-bond donors (Lipinski definition) is 2. The fraction of sp³-hybridized carbons (Fsp3) is 0.429. The van der Waals surface area contributed by atoms with Gasteiger partial charge in [0.15, 0.2) is 0 Å². The van der Waals surface area contributed by atoms with Crippen molar-refractivity contribution in [3.8, 4) is 0 Å². The minimum Gasteiger partial charge on any atom is -0.368 e. The summed E-state index contributed by atoms with van der Waals surface area (Å²) in [4.78, 5) is 24.4. The van der Waals surface area contributed by atoms with E-state index in [1.165, 1.54) is 5.56 Å². The summed E-state index contributed by atoms with van der Waals surface area (Å²) < 4.78 is 0. The molecule has 0 aliphatic carbocycles. The molecule has 2 rings (SSSR count). The summed E-state index contributed by atoms with van der Waals surface area (Å²) in [6, 6.07) is 9.63. The lowest BCUT2D eigenvalue weighted by molar-refractivity contribution is -0.145. The molecule has 1 aliphatic rings. The number of hydrogen-bond acceptors (Lipinski definition) is 3. The molecule has 0 bridgehead atoms. The maximum Gasteiger partial charge on any atom is 0.240 e. The first-order chi connectivity index (χ1) is 9.18. The molecule has 0 spiro atoms. The molecule has 2 amide bonds. The van der Waals surface area contributed by atoms with Crippen LogP contribution in [-0.4, -0.2) is 35.8 Å². The van der Waals surface area contributed by atoms with Crippen molar-refractivity contribution in [2.45, 2.75) is 25.4 Å². The highest BCUT2D eigenvalue weighted by atomic mass is 16.2. The first-order valence-corrected chi connectivity index (χ1v) is 6.52. The van der Waals surface area contributed by atoms with Crippen LogP contribution in [0.2, 0.25) is 0 Å². The van der Waals surface area contributed by atoms with Gasteiger partial charge < -0.3 is 16.0 Å². The van der Waals surface area contributed by atoms with Crippen LogP contribution in [0.1, 0.15) is 18.4 Å². The molecule has 1 atom stereocenters. The summed E-state index contributed by atoms with van der Waals surface area (Å²) in [6.07, 6.45) is 1.09. The van der Waals surface area contributed by atoms with E-state index >= 15 is 0 Å². The minimum atomic E-state index is -0.406. The molecular formula is C14H19N3O2. The van der Waals surface area contributed by atoms with Gasteiger partial charge in [-0.3, -0.25) is 9.59 Å². The van der Waals surface area contributed by atoms with Crippen molar-refractivity contribution in [1.29, 1.82) is 0 Å². The first kappa shape index (κ1) is 13.5. The molecule has 0 radical (unpaired) electrons. The third-order valence-electron chi connectivity index (χ3n) is 3.36. The van der Waals surface area contributed by atoms with E-state index in [0.717, 1.165) is 6.54 Å². The predicted molar refractivity (Wildman–Crippen MR) is 72.1 cm³/mol. The van der Waals surface area contributed by atoms with Crippen LogP contribution in [-0.2, 0) is 16.1 Å². The number of likely N-dealkylation sites (tertiary alicyclic amines) is 1. The van der Waals surface area contributed by atoms with Crippen molar-refractivity contribution in [2.24, 2.45) is 5.73 Å². The van der Waals surface area contributed by atoms with Gasteiger partial charge in [0.25, 0.3) is 0 Å². The molecule has 1 aliphatic heterocycles.